The number of hydrogen-bond donors (Lipinski definition) is 0. The number of hydrogen-bond acceptors (Lipinski definition) is 4. The molecule has 0 aliphatic heterocycles. The van der Waals surface area contributed by atoms with Crippen LogP contribution in [0, 0.1) is 5.82 Å². The molecule has 0 bridgehead atoms. The first-order chi connectivity index (χ1) is 18.0. The number of carbonyl (C=O) groups is 2. The van der Waals surface area contributed by atoms with Crippen LogP contribution in [-0.4, -0.2) is 59.0 Å². The lowest BCUT2D eigenvalue weighted by molar-refractivity contribution is -0.135. The van der Waals surface area contributed by atoms with Crippen molar-refractivity contribution >= 4 is 11.8 Å². The summed E-state index contributed by atoms with van der Waals surface area (Å²) in [5.74, 6) is -0.399. The van der Waals surface area contributed by atoms with Gasteiger partial charge in [-0.1, -0.05) is 31.4 Å². The molecule has 0 radical (unpaired) electrons. The van der Waals surface area contributed by atoms with Crippen LogP contribution in [0.25, 0.3) is 0 Å². The second-order valence-corrected chi connectivity index (χ2v) is 9.62. The third-order valence-corrected chi connectivity index (χ3v) is 6.98. The van der Waals surface area contributed by atoms with Gasteiger partial charge in [-0.15, -0.1) is 0 Å². The van der Waals surface area contributed by atoms with Gasteiger partial charge in [0.15, 0.2) is 5.76 Å². The summed E-state index contributed by atoms with van der Waals surface area (Å²) in [6, 6.07) is 13.9. The summed E-state index contributed by atoms with van der Waals surface area (Å²) in [4.78, 5) is 30.5. The standard InChI is InChI=1S/C29H36FN3O4/c1-36-18-7-17-32(29(35)27-11-6-19-37-27)22-28(34)33(25-8-3-2-4-9-25)21-26-10-5-16-31(26)20-23-12-14-24(30)15-13-23/h5-6,10-16,19,25H,2-4,7-9,17-18,20-22H2,1H3. The molecule has 3 aromatic rings. The highest BCUT2D eigenvalue weighted by Gasteiger charge is 2.29. The molecule has 1 aliphatic rings. The van der Waals surface area contributed by atoms with E-state index in [2.05, 4.69) is 4.57 Å². The lowest BCUT2D eigenvalue weighted by atomic mass is 9.94. The average Bonchev–Trinajstić information content (AvgIpc) is 3.61. The minimum Gasteiger partial charge on any atom is -0.459 e. The van der Waals surface area contributed by atoms with Crippen molar-refractivity contribution in [1.82, 2.24) is 14.4 Å². The fourth-order valence-electron chi connectivity index (χ4n) is 4.98. The fraction of sp³-hybridized carbons (Fsp3) is 0.448. The molecule has 198 valence electrons. The second-order valence-electron chi connectivity index (χ2n) is 9.62. The number of halogens is 1. The first-order valence-corrected chi connectivity index (χ1v) is 13.0. The number of rotatable bonds is 12. The molecule has 0 atom stereocenters. The smallest absolute Gasteiger partial charge is 0.290 e. The van der Waals surface area contributed by atoms with Crippen molar-refractivity contribution in [3.63, 3.8) is 0 Å². The molecule has 8 heteroatoms. The molecule has 2 heterocycles. The SMILES string of the molecule is COCCCN(CC(=O)N(Cc1cccn1Cc1ccc(F)cc1)C1CCCCC1)C(=O)c1ccco1. The summed E-state index contributed by atoms with van der Waals surface area (Å²) in [6.45, 7) is 1.93. The first kappa shape index (κ1) is 26.7. The lowest BCUT2D eigenvalue weighted by Gasteiger charge is -2.36. The van der Waals surface area contributed by atoms with Gasteiger partial charge in [0.1, 0.15) is 12.4 Å². The highest BCUT2D eigenvalue weighted by atomic mass is 19.1. The van der Waals surface area contributed by atoms with Gasteiger partial charge in [0.05, 0.1) is 12.8 Å². The van der Waals surface area contributed by atoms with E-state index in [1.807, 2.05) is 23.2 Å². The van der Waals surface area contributed by atoms with Crippen molar-refractivity contribution < 1.29 is 23.1 Å². The van der Waals surface area contributed by atoms with E-state index >= 15 is 0 Å². The van der Waals surface area contributed by atoms with E-state index in [-0.39, 0.29) is 36.0 Å². The highest BCUT2D eigenvalue weighted by molar-refractivity contribution is 5.94. The molecule has 2 amide bonds. The van der Waals surface area contributed by atoms with Crippen LogP contribution in [0.1, 0.15) is 60.3 Å². The monoisotopic (exact) mass is 509 g/mol. The summed E-state index contributed by atoms with van der Waals surface area (Å²) >= 11 is 0. The molecule has 1 aromatic carbocycles. The van der Waals surface area contributed by atoms with Gasteiger partial charge in [-0.2, -0.15) is 0 Å². The Bertz CT molecular complexity index is 1120. The van der Waals surface area contributed by atoms with Crippen LogP contribution in [0.4, 0.5) is 4.39 Å². The van der Waals surface area contributed by atoms with Crippen LogP contribution < -0.4 is 0 Å². The quantitative estimate of drug-likeness (QED) is 0.318. The summed E-state index contributed by atoms with van der Waals surface area (Å²) in [5.41, 5.74) is 1.99. The molecule has 37 heavy (non-hydrogen) atoms. The van der Waals surface area contributed by atoms with Crippen LogP contribution in [0.5, 0.6) is 0 Å². The van der Waals surface area contributed by atoms with Gasteiger partial charge < -0.3 is 23.5 Å². The van der Waals surface area contributed by atoms with Gasteiger partial charge in [-0.05, 0) is 61.2 Å². The van der Waals surface area contributed by atoms with Crippen molar-refractivity contribution in [2.24, 2.45) is 0 Å². The Morgan fingerprint density at radius 3 is 2.57 bits per heavy atom. The number of methoxy groups -OCH3 is 1. The van der Waals surface area contributed by atoms with Gasteiger partial charge in [-0.25, -0.2) is 4.39 Å². The van der Waals surface area contributed by atoms with Crippen molar-refractivity contribution in [2.45, 2.75) is 57.7 Å². The normalized spacial score (nSPS) is 14.0. The van der Waals surface area contributed by atoms with E-state index in [0.29, 0.717) is 32.7 Å². The molecule has 0 N–H and O–H groups in total. The molecule has 4 rings (SSSR count). The third kappa shape index (κ3) is 7.32. The van der Waals surface area contributed by atoms with Crippen molar-refractivity contribution in [2.75, 3.05) is 26.8 Å². The van der Waals surface area contributed by atoms with Gasteiger partial charge in [0.2, 0.25) is 5.91 Å². The van der Waals surface area contributed by atoms with Crippen LogP contribution >= 0.6 is 0 Å². The molecule has 1 aliphatic carbocycles. The molecular weight excluding hydrogens is 473 g/mol. The number of nitrogens with zero attached hydrogens (tertiary/aromatic N) is 3. The Morgan fingerprint density at radius 1 is 1.08 bits per heavy atom. The van der Waals surface area contributed by atoms with Crippen LogP contribution in [0.15, 0.2) is 65.4 Å². The fourth-order valence-corrected chi connectivity index (χ4v) is 4.98. The zero-order valence-electron chi connectivity index (χ0n) is 21.5. The summed E-state index contributed by atoms with van der Waals surface area (Å²) in [7, 11) is 1.62. The summed E-state index contributed by atoms with van der Waals surface area (Å²) in [5, 5.41) is 0. The lowest BCUT2D eigenvalue weighted by Crippen LogP contribution is -2.47. The first-order valence-electron chi connectivity index (χ1n) is 13.0. The van der Waals surface area contributed by atoms with Crippen molar-refractivity contribution in [3.05, 3.63) is 83.8 Å². The number of carbonyl (C=O) groups excluding carboxylic acids is 2. The third-order valence-electron chi connectivity index (χ3n) is 6.98. The van der Waals surface area contributed by atoms with Gasteiger partial charge in [0.25, 0.3) is 5.91 Å². The zero-order chi connectivity index (χ0) is 26.0. The van der Waals surface area contributed by atoms with E-state index in [0.717, 1.165) is 36.9 Å². The molecule has 2 aromatic heterocycles. The maximum Gasteiger partial charge on any atom is 0.290 e. The Kier molecular flexibility index (Phi) is 9.54. The van der Waals surface area contributed by atoms with E-state index in [1.54, 1.807) is 36.3 Å². The van der Waals surface area contributed by atoms with Crippen LogP contribution in [-0.2, 0) is 22.6 Å². The Hall–Kier alpha value is -3.39. The molecule has 1 saturated carbocycles. The van der Waals surface area contributed by atoms with E-state index in [9.17, 15) is 14.0 Å². The molecular formula is C29H36FN3O4. The van der Waals surface area contributed by atoms with Gasteiger partial charge in [-0.3, -0.25) is 9.59 Å². The zero-order valence-corrected chi connectivity index (χ0v) is 21.5. The molecule has 0 saturated heterocycles. The minimum atomic E-state index is -0.294. The summed E-state index contributed by atoms with van der Waals surface area (Å²) < 4.78 is 26.0. The predicted octanol–water partition coefficient (Wildman–Crippen LogP) is 5.11. The maximum atomic E-state index is 13.8. The van der Waals surface area contributed by atoms with Gasteiger partial charge >= 0.3 is 0 Å². The number of aromatic nitrogens is 1. The predicted molar refractivity (Wildman–Crippen MR) is 138 cm³/mol. The maximum absolute atomic E-state index is 13.8. The Labute approximate surface area is 217 Å². The topological polar surface area (TPSA) is 67.9 Å². The largest absolute Gasteiger partial charge is 0.459 e. The molecule has 0 spiro atoms. The summed E-state index contributed by atoms with van der Waals surface area (Å²) in [6.07, 6.45) is 9.35. The number of furan rings is 1. The molecule has 7 nitrogen and oxygen atoms in total. The Balaban J connectivity index is 1.52. The minimum absolute atomic E-state index is 0.0155. The van der Waals surface area contributed by atoms with E-state index in [1.165, 1.54) is 24.8 Å². The molecule has 1 fully saturated rings. The average molecular weight is 510 g/mol. The van der Waals surface area contributed by atoms with Crippen molar-refractivity contribution in [3.8, 4) is 0 Å². The number of ether oxygens (including phenoxy) is 1. The number of amides is 2. The Morgan fingerprint density at radius 2 is 1.86 bits per heavy atom. The van der Waals surface area contributed by atoms with E-state index < -0.39 is 0 Å². The molecule has 0 unspecified atom stereocenters. The number of benzene rings is 1. The van der Waals surface area contributed by atoms with Crippen LogP contribution in [0.3, 0.4) is 0 Å². The van der Waals surface area contributed by atoms with Crippen LogP contribution in [0.2, 0.25) is 0 Å². The highest BCUT2D eigenvalue weighted by Crippen LogP contribution is 2.25. The second kappa shape index (κ2) is 13.2. The van der Waals surface area contributed by atoms with E-state index in [4.69, 9.17) is 9.15 Å². The van der Waals surface area contributed by atoms with Gasteiger partial charge in [0, 0.05) is 44.7 Å². The van der Waals surface area contributed by atoms with Crippen molar-refractivity contribution in [1.29, 1.82) is 0 Å².